The zero-order chi connectivity index (χ0) is 19.2. The van der Waals surface area contributed by atoms with Crippen molar-refractivity contribution in [2.75, 3.05) is 45.9 Å². The number of morpholine rings is 1. The molecular weight excluding hydrogens is 352 g/mol. The third kappa shape index (κ3) is 5.26. The van der Waals surface area contributed by atoms with Crippen molar-refractivity contribution < 1.29 is 14.6 Å². The van der Waals surface area contributed by atoms with Gasteiger partial charge in [0.15, 0.2) is 0 Å². The Labute approximate surface area is 169 Å². The largest absolute Gasteiger partial charge is 0.491 e. The lowest BCUT2D eigenvalue weighted by atomic mass is 9.99. The third-order valence-corrected chi connectivity index (χ3v) is 6.56. The fourth-order valence-corrected chi connectivity index (χ4v) is 5.08. The summed E-state index contributed by atoms with van der Waals surface area (Å²) in [6.07, 6.45) is 8.37. The van der Waals surface area contributed by atoms with Gasteiger partial charge < -0.3 is 19.5 Å². The van der Waals surface area contributed by atoms with Gasteiger partial charge in [-0.2, -0.15) is 0 Å². The molecule has 156 valence electrons. The molecule has 2 heterocycles. The second-order valence-corrected chi connectivity index (χ2v) is 8.88. The highest BCUT2D eigenvalue weighted by molar-refractivity contribution is 5.33. The number of piperidine rings is 1. The molecule has 5 heteroatoms. The molecule has 4 rings (SSSR count). The summed E-state index contributed by atoms with van der Waals surface area (Å²) >= 11 is 0. The van der Waals surface area contributed by atoms with E-state index in [1.165, 1.54) is 50.5 Å². The van der Waals surface area contributed by atoms with Crippen molar-refractivity contribution >= 4 is 0 Å². The molecular formula is C23H36N2O3. The van der Waals surface area contributed by atoms with Crippen molar-refractivity contribution in [1.29, 1.82) is 0 Å². The summed E-state index contributed by atoms with van der Waals surface area (Å²) in [5.74, 6) is 0.909. The summed E-state index contributed by atoms with van der Waals surface area (Å²) in [6, 6.07) is 8.30. The van der Waals surface area contributed by atoms with E-state index in [9.17, 15) is 5.11 Å². The van der Waals surface area contributed by atoms with E-state index < -0.39 is 6.10 Å². The van der Waals surface area contributed by atoms with Crippen molar-refractivity contribution in [3.8, 4) is 5.75 Å². The lowest BCUT2D eigenvalue weighted by molar-refractivity contribution is -0.107. The van der Waals surface area contributed by atoms with Crippen LogP contribution in [0.1, 0.15) is 50.5 Å². The van der Waals surface area contributed by atoms with E-state index in [1.807, 2.05) is 12.1 Å². The fourth-order valence-electron chi connectivity index (χ4n) is 5.08. The van der Waals surface area contributed by atoms with Crippen molar-refractivity contribution in [3.05, 3.63) is 29.8 Å². The normalized spacial score (nSPS) is 24.5. The van der Waals surface area contributed by atoms with Gasteiger partial charge >= 0.3 is 0 Å². The SMILES string of the molecule is OC(COc1ccccc1CN1CCOC2(CCCC2)C1)CN1CCCCC1. The molecule has 2 saturated heterocycles. The van der Waals surface area contributed by atoms with Crippen LogP contribution in [0.25, 0.3) is 0 Å². The zero-order valence-electron chi connectivity index (χ0n) is 17.2. The second kappa shape index (κ2) is 9.57. The molecule has 1 aromatic rings. The number of hydrogen-bond acceptors (Lipinski definition) is 5. The van der Waals surface area contributed by atoms with E-state index in [0.29, 0.717) is 13.2 Å². The summed E-state index contributed by atoms with van der Waals surface area (Å²) < 4.78 is 12.2. The van der Waals surface area contributed by atoms with E-state index in [-0.39, 0.29) is 5.60 Å². The van der Waals surface area contributed by atoms with Crippen LogP contribution in [0.2, 0.25) is 0 Å². The molecule has 3 aliphatic rings. The number of aliphatic hydroxyl groups excluding tert-OH is 1. The van der Waals surface area contributed by atoms with Crippen LogP contribution in [-0.2, 0) is 11.3 Å². The maximum absolute atomic E-state index is 10.4. The Hall–Kier alpha value is -1.14. The maximum atomic E-state index is 10.4. The van der Waals surface area contributed by atoms with Gasteiger partial charge in [-0.3, -0.25) is 4.90 Å². The average Bonchev–Trinajstić information content (AvgIpc) is 3.15. The molecule has 1 unspecified atom stereocenters. The van der Waals surface area contributed by atoms with E-state index >= 15 is 0 Å². The van der Waals surface area contributed by atoms with Gasteiger partial charge in [0.1, 0.15) is 18.5 Å². The van der Waals surface area contributed by atoms with Crippen LogP contribution in [0.15, 0.2) is 24.3 Å². The first kappa shape index (κ1) is 20.1. The molecule has 1 atom stereocenters. The van der Waals surface area contributed by atoms with Crippen LogP contribution in [0.5, 0.6) is 5.75 Å². The monoisotopic (exact) mass is 388 g/mol. The molecule has 1 saturated carbocycles. The van der Waals surface area contributed by atoms with Gasteiger partial charge in [0.25, 0.3) is 0 Å². The Morgan fingerprint density at radius 3 is 2.61 bits per heavy atom. The summed E-state index contributed by atoms with van der Waals surface area (Å²) in [5.41, 5.74) is 1.31. The standard InChI is InChI=1S/C23H36N2O3/c26-21(17-24-12-6-1-7-13-24)18-27-22-9-3-2-8-20(22)16-25-14-15-28-23(19-25)10-4-5-11-23/h2-3,8-9,21,26H,1,4-7,10-19H2. The van der Waals surface area contributed by atoms with Gasteiger partial charge in [-0.25, -0.2) is 0 Å². The summed E-state index contributed by atoms with van der Waals surface area (Å²) in [5, 5.41) is 10.4. The summed E-state index contributed by atoms with van der Waals surface area (Å²) in [4.78, 5) is 4.87. The smallest absolute Gasteiger partial charge is 0.123 e. The van der Waals surface area contributed by atoms with Crippen molar-refractivity contribution in [3.63, 3.8) is 0 Å². The van der Waals surface area contributed by atoms with Crippen LogP contribution in [0.3, 0.4) is 0 Å². The number of nitrogens with zero attached hydrogens (tertiary/aromatic N) is 2. The molecule has 1 aliphatic carbocycles. The number of aliphatic hydroxyl groups is 1. The molecule has 1 aromatic carbocycles. The Bertz CT molecular complexity index is 612. The topological polar surface area (TPSA) is 45.2 Å². The highest BCUT2D eigenvalue weighted by atomic mass is 16.5. The Balaban J connectivity index is 1.30. The van der Waals surface area contributed by atoms with Gasteiger partial charge in [0, 0.05) is 31.7 Å². The van der Waals surface area contributed by atoms with Crippen LogP contribution in [-0.4, -0.2) is 72.5 Å². The van der Waals surface area contributed by atoms with Crippen molar-refractivity contribution in [2.45, 2.75) is 63.2 Å². The zero-order valence-corrected chi connectivity index (χ0v) is 17.2. The molecule has 0 bridgehead atoms. The van der Waals surface area contributed by atoms with Gasteiger partial charge in [-0.1, -0.05) is 37.5 Å². The highest BCUT2D eigenvalue weighted by Crippen LogP contribution is 2.36. The van der Waals surface area contributed by atoms with Gasteiger partial charge in [-0.15, -0.1) is 0 Å². The predicted molar refractivity (Wildman–Crippen MR) is 111 cm³/mol. The van der Waals surface area contributed by atoms with Crippen molar-refractivity contribution in [2.24, 2.45) is 0 Å². The number of likely N-dealkylation sites (tertiary alicyclic amines) is 1. The molecule has 0 aromatic heterocycles. The number of para-hydroxylation sites is 1. The Morgan fingerprint density at radius 1 is 1.00 bits per heavy atom. The lowest BCUT2D eigenvalue weighted by Gasteiger charge is -2.40. The predicted octanol–water partition coefficient (Wildman–Crippen LogP) is 3.06. The van der Waals surface area contributed by atoms with E-state index in [4.69, 9.17) is 9.47 Å². The number of β-amino-alcohol motifs (C(OH)–C–C–N with tert-alkyl or cyclic N) is 1. The quantitative estimate of drug-likeness (QED) is 0.778. The number of ether oxygens (including phenoxy) is 2. The molecule has 1 N–H and O–H groups in total. The van der Waals surface area contributed by atoms with Crippen LogP contribution in [0.4, 0.5) is 0 Å². The minimum absolute atomic E-state index is 0.0959. The van der Waals surface area contributed by atoms with Crippen LogP contribution in [0, 0.1) is 0 Å². The number of benzene rings is 1. The third-order valence-electron chi connectivity index (χ3n) is 6.56. The lowest BCUT2D eigenvalue weighted by Crippen LogP contribution is -2.49. The Kier molecular flexibility index (Phi) is 6.89. The first-order chi connectivity index (χ1) is 13.7. The minimum atomic E-state index is -0.434. The van der Waals surface area contributed by atoms with E-state index in [2.05, 4.69) is 21.9 Å². The molecule has 28 heavy (non-hydrogen) atoms. The van der Waals surface area contributed by atoms with Crippen LogP contribution >= 0.6 is 0 Å². The molecule has 0 radical (unpaired) electrons. The fraction of sp³-hybridized carbons (Fsp3) is 0.739. The van der Waals surface area contributed by atoms with Gasteiger partial charge in [-0.05, 0) is 44.8 Å². The number of hydrogen-bond donors (Lipinski definition) is 1. The highest BCUT2D eigenvalue weighted by Gasteiger charge is 2.39. The minimum Gasteiger partial charge on any atom is -0.491 e. The molecule has 2 aliphatic heterocycles. The summed E-state index contributed by atoms with van der Waals surface area (Å²) in [7, 11) is 0. The van der Waals surface area contributed by atoms with Gasteiger partial charge in [0.05, 0.1) is 12.2 Å². The first-order valence-electron chi connectivity index (χ1n) is 11.2. The molecule has 1 spiro atoms. The van der Waals surface area contributed by atoms with Crippen molar-refractivity contribution in [1.82, 2.24) is 9.80 Å². The number of rotatable bonds is 7. The average molecular weight is 389 g/mol. The molecule has 5 nitrogen and oxygen atoms in total. The Morgan fingerprint density at radius 2 is 1.79 bits per heavy atom. The first-order valence-corrected chi connectivity index (χ1v) is 11.2. The molecule has 3 fully saturated rings. The van der Waals surface area contributed by atoms with E-state index in [1.54, 1.807) is 0 Å². The molecule has 0 amide bonds. The summed E-state index contributed by atoms with van der Waals surface area (Å²) in [6.45, 7) is 7.02. The van der Waals surface area contributed by atoms with Crippen LogP contribution < -0.4 is 4.74 Å². The second-order valence-electron chi connectivity index (χ2n) is 8.88. The maximum Gasteiger partial charge on any atom is 0.123 e. The van der Waals surface area contributed by atoms with E-state index in [0.717, 1.165) is 45.1 Å². The van der Waals surface area contributed by atoms with Gasteiger partial charge in [0.2, 0.25) is 0 Å².